The van der Waals surface area contributed by atoms with Gasteiger partial charge in [-0.15, -0.1) is 0 Å². The molecule has 1 aromatic carbocycles. The lowest BCUT2D eigenvalue weighted by atomic mass is 10.1. The second kappa shape index (κ2) is 4.16. The van der Waals surface area contributed by atoms with Gasteiger partial charge in [0, 0.05) is 17.6 Å². The lowest BCUT2D eigenvalue weighted by molar-refractivity contribution is 0.0695. The molecule has 6 heteroatoms. The van der Waals surface area contributed by atoms with Crippen molar-refractivity contribution in [1.82, 2.24) is 4.57 Å². The Morgan fingerprint density at radius 3 is 2.68 bits per heavy atom. The molecule has 3 rings (SSSR count). The van der Waals surface area contributed by atoms with Crippen molar-refractivity contribution in [3.63, 3.8) is 0 Å². The summed E-state index contributed by atoms with van der Waals surface area (Å²) in [5.74, 6) is -1.86. The van der Waals surface area contributed by atoms with Crippen molar-refractivity contribution in [2.45, 2.75) is 18.9 Å². The van der Waals surface area contributed by atoms with Crippen LogP contribution in [0.5, 0.6) is 0 Å². The minimum Gasteiger partial charge on any atom is -0.477 e. The van der Waals surface area contributed by atoms with Gasteiger partial charge in [0.05, 0.1) is 9.99 Å². The van der Waals surface area contributed by atoms with E-state index in [9.17, 15) is 14.0 Å². The van der Waals surface area contributed by atoms with Gasteiger partial charge in [-0.1, -0.05) is 0 Å². The molecule has 2 aromatic rings. The van der Waals surface area contributed by atoms with Crippen molar-refractivity contribution in [1.29, 1.82) is 0 Å². The Kier molecular flexibility index (Phi) is 2.70. The molecule has 0 atom stereocenters. The highest BCUT2D eigenvalue weighted by Gasteiger charge is 2.27. The predicted molar refractivity (Wildman–Crippen MR) is 71.1 cm³/mol. The van der Waals surface area contributed by atoms with Crippen LogP contribution in [-0.4, -0.2) is 15.6 Å². The summed E-state index contributed by atoms with van der Waals surface area (Å²) in [4.78, 5) is 23.1. The fraction of sp³-hybridized carbons (Fsp3) is 0.231. The topological polar surface area (TPSA) is 59.3 Å². The Labute approximate surface area is 115 Å². The van der Waals surface area contributed by atoms with Crippen LogP contribution in [0.2, 0.25) is 0 Å². The second-order valence-electron chi connectivity index (χ2n) is 4.60. The molecule has 0 spiro atoms. The number of nitrogens with zero attached hydrogens (tertiary/aromatic N) is 1. The summed E-state index contributed by atoms with van der Waals surface area (Å²) in [6, 6.07) is 2.81. The van der Waals surface area contributed by atoms with Crippen LogP contribution in [0.25, 0.3) is 10.9 Å². The number of hydrogen-bond acceptors (Lipinski definition) is 2. The third kappa shape index (κ3) is 1.96. The molecule has 1 aliphatic rings. The minimum absolute atomic E-state index is 0.104. The summed E-state index contributed by atoms with van der Waals surface area (Å²) in [6.45, 7) is 0. The van der Waals surface area contributed by atoms with E-state index in [2.05, 4.69) is 15.9 Å². The Hall–Kier alpha value is -1.69. The number of halogens is 2. The van der Waals surface area contributed by atoms with E-state index in [4.69, 9.17) is 5.11 Å². The Bertz CT molecular complexity index is 765. The summed E-state index contributed by atoms with van der Waals surface area (Å²) in [6.07, 6.45) is 3.23. The smallest absolute Gasteiger partial charge is 0.341 e. The molecule has 19 heavy (non-hydrogen) atoms. The Morgan fingerprint density at radius 1 is 1.42 bits per heavy atom. The zero-order valence-corrected chi connectivity index (χ0v) is 11.3. The molecule has 0 aliphatic heterocycles. The van der Waals surface area contributed by atoms with Gasteiger partial charge in [0.25, 0.3) is 0 Å². The molecular formula is C13H9BrFNO3. The summed E-state index contributed by atoms with van der Waals surface area (Å²) in [5, 5.41) is 9.16. The molecule has 98 valence electrons. The quantitative estimate of drug-likeness (QED) is 0.923. The Morgan fingerprint density at radius 2 is 2.11 bits per heavy atom. The minimum atomic E-state index is -1.29. The standard InChI is InChI=1S/C13H9BrFNO3/c14-9-4-11-7(3-10(9)15)12(17)8(13(18)19)5-16(11)6-1-2-6/h3-6H,1-2H2,(H,18,19). The van der Waals surface area contributed by atoms with Crippen molar-refractivity contribution in [3.05, 3.63) is 44.4 Å². The normalized spacial score (nSPS) is 14.8. The van der Waals surface area contributed by atoms with E-state index in [1.54, 1.807) is 4.57 Å². The molecule has 0 bridgehead atoms. The van der Waals surface area contributed by atoms with Crippen LogP contribution in [0.4, 0.5) is 4.39 Å². The lowest BCUT2D eigenvalue weighted by Crippen LogP contribution is -2.18. The van der Waals surface area contributed by atoms with Crippen molar-refractivity contribution in [2.75, 3.05) is 0 Å². The molecule has 1 N–H and O–H groups in total. The molecule has 0 saturated heterocycles. The summed E-state index contributed by atoms with van der Waals surface area (Å²) in [5.41, 5.74) is -0.405. The highest BCUT2D eigenvalue weighted by atomic mass is 79.9. The van der Waals surface area contributed by atoms with E-state index in [0.717, 1.165) is 18.9 Å². The van der Waals surface area contributed by atoms with Crippen LogP contribution in [0, 0.1) is 5.82 Å². The molecule has 1 fully saturated rings. The van der Waals surface area contributed by atoms with Crippen molar-refractivity contribution in [2.24, 2.45) is 0 Å². The van der Waals surface area contributed by atoms with Gasteiger partial charge in [-0.2, -0.15) is 0 Å². The number of carboxylic acid groups (broad SMARTS) is 1. The van der Waals surface area contributed by atoms with Crippen molar-refractivity contribution >= 4 is 32.8 Å². The zero-order valence-electron chi connectivity index (χ0n) is 9.69. The maximum atomic E-state index is 13.6. The fourth-order valence-corrected chi connectivity index (χ4v) is 2.48. The van der Waals surface area contributed by atoms with Crippen LogP contribution in [0.1, 0.15) is 29.2 Å². The maximum Gasteiger partial charge on any atom is 0.341 e. The summed E-state index contributed by atoms with van der Waals surface area (Å²) >= 11 is 3.09. The third-order valence-electron chi connectivity index (χ3n) is 3.24. The van der Waals surface area contributed by atoms with Crippen LogP contribution in [0.3, 0.4) is 0 Å². The number of rotatable bonds is 2. The number of pyridine rings is 1. The highest BCUT2D eigenvalue weighted by Crippen LogP contribution is 2.37. The maximum absolute atomic E-state index is 13.6. The fourth-order valence-electron chi connectivity index (χ4n) is 2.15. The van der Waals surface area contributed by atoms with E-state index in [1.807, 2.05) is 0 Å². The first-order valence-corrected chi connectivity index (χ1v) is 6.55. The van der Waals surface area contributed by atoms with Gasteiger partial charge >= 0.3 is 5.97 Å². The van der Waals surface area contributed by atoms with E-state index < -0.39 is 17.2 Å². The van der Waals surface area contributed by atoms with Crippen LogP contribution in [0.15, 0.2) is 27.6 Å². The summed E-state index contributed by atoms with van der Waals surface area (Å²) < 4.78 is 15.6. The third-order valence-corrected chi connectivity index (χ3v) is 3.85. The van der Waals surface area contributed by atoms with E-state index in [1.165, 1.54) is 12.3 Å². The summed E-state index contributed by atoms with van der Waals surface area (Å²) in [7, 11) is 0. The predicted octanol–water partition coefficient (Wildman–Crippen LogP) is 2.94. The molecule has 1 saturated carbocycles. The molecule has 4 nitrogen and oxygen atoms in total. The zero-order chi connectivity index (χ0) is 13.7. The van der Waals surface area contributed by atoms with Crippen molar-refractivity contribution < 1.29 is 14.3 Å². The first-order valence-electron chi connectivity index (χ1n) is 5.76. The number of fused-ring (bicyclic) bond motifs is 1. The van der Waals surface area contributed by atoms with Gasteiger partial charge in [0.15, 0.2) is 0 Å². The SMILES string of the molecule is O=C(O)c1cn(C2CC2)c2cc(Br)c(F)cc2c1=O. The number of benzene rings is 1. The van der Waals surface area contributed by atoms with Gasteiger partial charge in [0.2, 0.25) is 5.43 Å². The molecular weight excluding hydrogens is 317 g/mol. The van der Waals surface area contributed by atoms with E-state index in [0.29, 0.717) is 5.52 Å². The van der Waals surface area contributed by atoms with Gasteiger partial charge < -0.3 is 9.67 Å². The average Bonchev–Trinajstić information content (AvgIpc) is 3.16. The molecule has 1 aromatic heterocycles. The van der Waals surface area contributed by atoms with Gasteiger partial charge in [0.1, 0.15) is 11.4 Å². The second-order valence-corrected chi connectivity index (χ2v) is 5.45. The Balaban J connectivity index is 2.45. The molecule has 1 aliphatic carbocycles. The molecule has 0 amide bonds. The van der Waals surface area contributed by atoms with Crippen molar-refractivity contribution in [3.8, 4) is 0 Å². The average molecular weight is 326 g/mol. The largest absolute Gasteiger partial charge is 0.477 e. The number of aromatic nitrogens is 1. The van der Waals surface area contributed by atoms with Gasteiger partial charge in [-0.25, -0.2) is 9.18 Å². The number of carboxylic acids is 1. The molecule has 1 heterocycles. The first kappa shape index (κ1) is 12.3. The number of aromatic carboxylic acids is 1. The van der Waals surface area contributed by atoms with Crippen LogP contribution >= 0.6 is 15.9 Å². The molecule has 0 unspecified atom stereocenters. The monoisotopic (exact) mass is 325 g/mol. The first-order chi connectivity index (χ1) is 8.99. The number of carbonyl (C=O) groups is 1. The van der Waals surface area contributed by atoms with E-state index >= 15 is 0 Å². The van der Waals surface area contributed by atoms with Crippen LogP contribution < -0.4 is 5.43 Å². The lowest BCUT2D eigenvalue weighted by Gasteiger charge is -2.12. The van der Waals surface area contributed by atoms with Gasteiger partial charge in [-0.05, 0) is 40.9 Å². The molecule has 0 radical (unpaired) electrons. The van der Waals surface area contributed by atoms with Gasteiger partial charge in [-0.3, -0.25) is 4.79 Å². The van der Waals surface area contributed by atoms with Crippen LogP contribution in [-0.2, 0) is 0 Å². The number of hydrogen-bond donors (Lipinski definition) is 1. The highest BCUT2D eigenvalue weighted by molar-refractivity contribution is 9.10. The van der Waals surface area contributed by atoms with E-state index in [-0.39, 0.29) is 21.5 Å².